The van der Waals surface area contributed by atoms with Gasteiger partial charge in [0, 0.05) is 49.9 Å². The van der Waals surface area contributed by atoms with Crippen LogP contribution in [0.25, 0.3) is 5.52 Å². The molecule has 1 saturated heterocycles. The van der Waals surface area contributed by atoms with E-state index in [9.17, 15) is 17.6 Å². The summed E-state index contributed by atoms with van der Waals surface area (Å²) >= 11 is 0. The number of sulfone groups is 1. The number of imidazole rings is 1. The molecule has 3 heterocycles. The molecule has 10 heteroatoms. The number of piperazine rings is 1. The number of likely N-dealkylation sites (N-methyl/N-ethyl adjacent to an activating group) is 1. The summed E-state index contributed by atoms with van der Waals surface area (Å²) in [6.07, 6.45) is 2.60. The summed E-state index contributed by atoms with van der Waals surface area (Å²) in [6, 6.07) is 9.10. The van der Waals surface area contributed by atoms with Gasteiger partial charge >= 0.3 is 0 Å². The lowest BCUT2D eigenvalue weighted by Crippen LogP contribution is -2.45. The number of aromatic nitrogens is 2. The van der Waals surface area contributed by atoms with Crippen molar-refractivity contribution in [3.63, 3.8) is 0 Å². The maximum Gasteiger partial charge on any atom is 0.272 e. The second-order valence-electron chi connectivity index (χ2n) is 8.16. The maximum absolute atomic E-state index is 14.1. The van der Waals surface area contributed by atoms with E-state index in [-0.39, 0.29) is 16.7 Å². The maximum atomic E-state index is 14.1. The van der Waals surface area contributed by atoms with E-state index in [1.807, 2.05) is 0 Å². The second-order valence-corrected chi connectivity index (χ2v) is 10.1. The highest BCUT2D eigenvalue weighted by Crippen LogP contribution is 2.29. The van der Waals surface area contributed by atoms with Crippen LogP contribution >= 0.6 is 0 Å². The van der Waals surface area contributed by atoms with Gasteiger partial charge in [-0.2, -0.15) is 0 Å². The molecule has 1 aromatic carbocycles. The SMILES string of the molecule is CC(NC(=O)c1nc(S(C)(=O)=O)n2ccccc12)c1cc(F)ccc1N1CCN(C)CC1. The molecule has 1 amide bonds. The predicted octanol–water partition coefficient (Wildman–Crippen LogP) is 2.12. The van der Waals surface area contributed by atoms with Crippen LogP contribution in [0.5, 0.6) is 0 Å². The molecule has 32 heavy (non-hydrogen) atoms. The molecule has 1 aliphatic heterocycles. The Labute approximate surface area is 186 Å². The molecule has 1 unspecified atom stereocenters. The van der Waals surface area contributed by atoms with Crippen LogP contribution in [0.4, 0.5) is 10.1 Å². The molecule has 8 nitrogen and oxygen atoms in total. The fourth-order valence-corrected chi connectivity index (χ4v) is 4.76. The number of pyridine rings is 1. The first-order valence-electron chi connectivity index (χ1n) is 10.4. The summed E-state index contributed by atoms with van der Waals surface area (Å²) in [4.78, 5) is 21.6. The summed E-state index contributed by atoms with van der Waals surface area (Å²) in [5, 5.41) is 2.67. The molecule has 4 rings (SSSR count). The molecule has 2 aromatic heterocycles. The Kier molecular flexibility index (Phi) is 5.91. The summed E-state index contributed by atoms with van der Waals surface area (Å²) in [7, 11) is -1.58. The molecule has 1 atom stereocenters. The number of anilines is 1. The van der Waals surface area contributed by atoms with E-state index in [0.29, 0.717) is 11.1 Å². The van der Waals surface area contributed by atoms with Crippen molar-refractivity contribution in [3.8, 4) is 0 Å². The highest BCUT2D eigenvalue weighted by molar-refractivity contribution is 7.90. The van der Waals surface area contributed by atoms with Gasteiger partial charge < -0.3 is 15.1 Å². The number of carbonyl (C=O) groups is 1. The van der Waals surface area contributed by atoms with Gasteiger partial charge in [-0.05, 0) is 44.3 Å². The number of hydrogen-bond acceptors (Lipinski definition) is 6. The lowest BCUT2D eigenvalue weighted by atomic mass is 10.0. The first-order chi connectivity index (χ1) is 15.1. The largest absolute Gasteiger partial charge is 0.369 e. The molecular weight excluding hydrogens is 433 g/mol. The zero-order valence-electron chi connectivity index (χ0n) is 18.2. The van der Waals surface area contributed by atoms with Gasteiger partial charge in [-0.3, -0.25) is 9.20 Å². The monoisotopic (exact) mass is 459 g/mol. The van der Waals surface area contributed by atoms with Gasteiger partial charge in [0.15, 0.2) is 5.69 Å². The molecule has 0 radical (unpaired) electrons. The number of benzene rings is 1. The van der Waals surface area contributed by atoms with Crippen molar-refractivity contribution in [1.82, 2.24) is 19.6 Å². The van der Waals surface area contributed by atoms with Crippen molar-refractivity contribution in [1.29, 1.82) is 0 Å². The molecule has 0 aliphatic carbocycles. The van der Waals surface area contributed by atoms with Crippen LogP contribution in [0.15, 0.2) is 47.8 Å². The van der Waals surface area contributed by atoms with Crippen LogP contribution in [0.3, 0.4) is 0 Å². The fraction of sp³-hybridized carbons (Fsp3) is 0.364. The van der Waals surface area contributed by atoms with E-state index in [1.54, 1.807) is 37.4 Å². The molecule has 0 saturated carbocycles. The van der Waals surface area contributed by atoms with Gasteiger partial charge in [0.2, 0.25) is 15.0 Å². The molecular formula is C22H26FN5O3S. The lowest BCUT2D eigenvalue weighted by Gasteiger charge is -2.36. The summed E-state index contributed by atoms with van der Waals surface area (Å²) in [5.74, 6) is -0.907. The normalized spacial score (nSPS) is 16.3. The van der Waals surface area contributed by atoms with Crippen molar-refractivity contribution in [2.24, 2.45) is 0 Å². The first-order valence-corrected chi connectivity index (χ1v) is 12.2. The van der Waals surface area contributed by atoms with Gasteiger partial charge in [-0.1, -0.05) is 6.07 Å². The van der Waals surface area contributed by atoms with Crippen molar-refractivity contribution < 1.29 is 17.6 Å². The topological polar surface area (TPSA) is 87.0 Å². The van der Waals surface area contributed by atoms with E-state index >= 15 is 0 Å². The number of rotatable bonds is 5. The number of fused-ring (bicyclic) bond motifs is 1. The molecule has 170 valence electrons. The molecule has 1 fully saturated rings. The Morgan fingerprint density at radius 1 is 1.16 bits per heavy atom. The average Bonchev–Trinajstić information content (AvgIpc) is 3.15. The smallest absolute Gasteiger partial charge is 0.272 e. The van der Waals surface area contributed by atoms with Crippen LogP contribution in [0.2, 0.25) is 0 Å². The van der Waals surface area contributed by atoms with Crippen molar-refractivity contribution in [2.45, 2.75) is 18.1 Å². The van der Waals surface area contributed by atoms with Gasteiger partial charge in [0.05, 0.1) is 11.6 Å². The summed E-state index contributed by atoms with van der Waals surface area (Å²) in [5.41, 5.74) is 1.93. The van der Waals surface area contributed by atoms with E-state index in [0.717, 1.165) is 38.1 Å². The number of amides is 1. The zero-order chi connectivity index (χ0) is 23.0. The van der Waals surface area contributed by atoms with E-state index in [2.05, 4.69) is 27.1 Å². The third-order valence-corrected chi connectivity index (χ3v) is 6.66. The number of carbonyl (C=O) groups excluding carboxylic acids is 1. The van der Waals surface area contributed by atoms with E-state index < -0.39 is 21.8 Å². The highest BCUT2D eigenvalue weighted by Gasteiger charge is 2.25. The molecule has 3 aromatic rings. The van der Waals surface area contributed by atoms with Crippen LogP contribution in [-0.4, -0.2) is 68.1 Å². The van der Waals surface area contributed by atoms with Gasteiger partial charge in [-0.15, -0.1) is 0 Å². The highest BCUT2D eigenvalue weighted by atomic mass is 32.2. The third kappa shape index (κ3) is 4.33. The van der Waals surface area contributed by atoms with E-state index in [4.69, 9.17) is 0 Å². The Hall–Kier alpha value is -2.98. The van der Waals surface area contributed by atoms with Crippen LogP contribution in [0.1, 0.15) is 29.0 Å². The summed E-state index contributed by atoms with van der Waals surface area (Å²) in [6.45, 7) is 5.18. The van der Waals surface area contributed by atoms with Crippen LogP contribution < -0.4 is 10.2 Å². The molecule has 1 aliphatic rings. The molecule has 0 spiro atoms. The third-order valence-electron chi connectivity index (χ3n) is 5.71. The number of nitrogens with zero attached hydrogens (tertiary/aromatic N) is 4. The Morgan fingerprint density at radius 3 is 2.56 bits per heavy atom. The minimum atomic E-state index is -3.64. The number of nitrogens with one attached hydrogen (secondary N) is 1. The first kappa shape index (κ1) is 22.2. The Morgan fingerprint density at radius 2 is 1.88 bits per heavy atom. The second kappa shape index (κ2) is 8.51. The quantitative estimate of drug-likeness (QED) is 0.629. The van der Waals surface area contributed by atoms with Gasteiger partial charge in [-0.25, -0.2) is 17.8 Å². The number of hydrogen-bond donors (Lipinski definition) is 1. The standard InChI is InChI=1S/C22H26FN5O3S/c1-15(17-14-16(23)7-8-18(17)27-12-10-26(2)11-13-27)24-21(29)20-19-6-4-5-9-28(19)22(25-20)32(3,30)31/h4-9,14-15H,10-13H2,1-3H3,(H,24,29). The fourth-order valence-electron chi connectivity index (χ4n) is 3.99. The Bertz CT molecular complexity index is 1270. The van der Waals surface area contributed by atoms with Gasteiger partial charge in [0.1, 0.15) is 5.82 Å². The zero-order valence-corrected chi connectivity index (χ0v) is 19.1. The van der Waals surface area contributed by atoms with Gasteiger partial charge in [0.25, 0.3) is 5.91 Å². The minimum absolute atomic E-state index is 0.00965. The predicted molar refractivity (Wildman–Crippen MR) is 120 cm³/mol. The molecule has 0 bridgehead atoms. The Balaban J connectivity index is 1.65. The van der Waals surface area contributed by atoms with E-state index in [1.165, 1.54) is 16.5 Å². The summed E-state index contributed by atoms with van der Waals surface area (Å²) < 4.78 is 39.8. The average molecular weight is 460 g/mol. The van der Waals surface area contributed by atoms with Crippen LogP contribution in [0, 0.1) is 5.82 Å². The molecule has 1 N–H and O–H groups in total. The van der Waals surface area contributed by atoms with Crippen molar-refractivity contribution in [3.05, 3.63) is 59.7 Å². The van der Waals surface area contributed by atoms with Crippen molar-refractivity contribution in [2.75, 3.05) is 44.4 Å². The van der Waals surface area contributed by atoms with Crippen molar-refractivity contribution >= 4 is 26.9 Å². The minimum Gasteiger partial charge on any atom is -0.369 e. The number of halogens is 1. The lowest BCUT2D eigenvalue weighted by molar-refractivity contribution is 0.0936. The van der Waals surface area contributed by atoms with Crippen LogP contribution in [-0.2, 0) is 9.84 Å².